The van der Waals surface area contributed by atoms with E-state index in [1.54, 1.807) is 11.0 Å². The second-order valence-corrected chi connectivity index (χ2v) is 8.59. The Balaban J connectivity index is 1.33. The molecule has 0 aromatic heterocycles. The van der Waals surface area contributed by atoms with Crippen molar-refractivity contribution in [1.82, 2.24) is 4.90 Å². The Morgan fingerprint density at radius 1 is 1.23 bits per heavy atom. The normalized spacial score (nSPS) is 16.4. The fourth-order valence-corrected chi connectivity index (χ4v) is 4.48. The molecule has 30 heavy (non-hydrogen) atoms. The summed E-state index contributed by atoms with van der Waals surface area (Å²) in [6.07, 6.45) is 2.64. The van der Waals surface area contributed by atoms with Gasteiger partial charge in [-0.1, -0.05) is 48.2 Å². The van der Waals surface area contributed by atoms with Crippen LogP contribution in [-0.4, -0.2) is 34.4 Å². The van der Waals surface area contributed by atoms with Crippen LogP contribution in [0.15, 0.2) is 47.4 Å². The van der Waals surface area contributed by atoms with Gasteiger partial charge in [0.2, 0.25) is 12.7 Å². The fourth-order valence-electron chi connectivity index (χ4n) is 3.17. The van der Waals surface area contributed by atoms with Gasteiger partial charge < -0.3 is 14.8 Å². The number of amides is 2. The third kappa shape index (κ3) is 4.49. The summed E-state index contributed by atoms with van der Waals surface area (Å²) in [7, 11) is 0. The van der Waals surface area contributed by atoms with E-state index in [9.17, 15) is 9.59 Å². The summed E-state index contributed by atoms with van der Waals surface area (Å²) >= 11 is 6.64. The van der Waals surface area contributed by atoms with Crippen LogP contribution >= 0.6 is 24.0 Å². The van der Waals surface area contributed by atoms with Gasteiger partial charge in [0, 0.05) is 18.7 Å². The Labute approximate surface area is 184 Å². The molecule has 0 saturated carbocycles. The lowest BCUT2D eigenvalue weighted by atomic mass is 10.2. The zero-order valence-corrected chi connectivity index (χ0v) is 18.0. The highest BCUT2D eigenvalue weighted by atomic mass is 32.2. The Bertz CT molecular complexity index is 1050. The Morgan fingerprint density at radius 2 is 2.03 bits per heavy atom. The standard InChI is InChI=1S/C22H20N2O4S2/c1-14-5-2-3-6-16(14)23-20(25)7-4-10-24-21(26)19(30-22(24)29)12-15-8-9-17-18(11-15)28-13-27-17/h2-3,5-6,8-9,11-12H,4,7,10,13H2,1H3,(H,23,25)/b19-12-. The number of nitrogens with one attached hydrogen (secondary N) is 1. The summed E-state index contributed by atoms with van der Waals surface area (Å²) in [4.78, 5) is 27.1. The van der Waals surface area contributed by atoms with E-state index in [1.165, 1.54) is 11.8 Å². The fraction of sp³-hybridized carbons (Fsp3) is 0.227. The molecule has 0 unspecified atom stereocenters. The molecule has 0 aliphatic carbocycles. The van der Waals surface area contributed by atoms with Gasteiger partial charge in [0.15, 0.2) is 11.5 Å². The maximum absolute atomic E-state index is 12.8. The van der Waals surface area contributed by atoms with Crippen molar-refractivity contribution < 1.29 is 19.1 Å². The number of benzene rings is 2. The lowest BCUT2D eigenvalue weighted by Crippen LogP contribution is -2.29. The van der Waals surface area contributed by atoms with Crippen LogP contribution in [0.2, 0.25) is 0 Å². The number of ether oxygens (including phenoxy) is 2. The maximum Gasteiger partial charge on any atom is 0.266 e. The molecule has 0 spiro atoms. The predicted molar refractivity (Wildman–Crippen MR) is 121 cm³/mol. The summed E-state index contributed by atoms with van der Waals surface area (Å²) in [5.41, 5.74) is 2.66. The van der Waals surface area contributed by atoms with Crippen molar-refractivity contribution in [2.45, 2.75) is 19.8 Å². The van der Waals surface area contributed by atoms with E-state index in [2.05, 4.69) is 5.32 Å². The van der Waals surface area contributed by atoms with Crippen LogP contribution in [0.1, 0.15) is 24.0 Å². The SMILES string of the molecule is Cc1ccccc1NC(=O)CCCN1C(=O)/C(=C/c2ccc3c(c2)OCO3)SC1=S. The molecule has 0 bridgehead atoms. The topological polar surface area (TPSA) is 67.9 Å². The number of hydrogen-bond donors (Lipinski definition) is 1. The third-order valence-corrected chi connectivity index (χ3v) is 6.15. The predicted octanol–water partition coefficient (Wildman–Crippen LogP) is 4.34. The van der Waals surface area contributed by atoms with Crippen LogP contribution in [0.3, 0.4) is 0 Å². The first-order valence-electron chi connectivity index (χ1n) is 9.52. The molecule has 2 amide bonds. The molecule has 1 N–H and O–H groups in total. The lowest BCUT2D eigenvalue weighted by molar-refractivity contribution is -0.122. The van der Waals surface area contributed by atoms with Crippen LogP contribution in [0.25, 0.3) is 6.08 Å². The summed E-state index contributed by atoms with van der Waals surface area (Å²) in [6, 6.07) is 13.2. The van der Waals surface area contributed by atoms with Crippen molar-refractivity contribution in [3.8, 4) is 11.5 Å². The molecule has 1 fully saturated rings. The highest BCUT2D eigenvalue weighted by molar-refractivity contribution is 8.26. The molecule has 8 heteroatoms. The summed E-state index contributed by atoms with van der Waals surface area (Å²) in [5, 5.41) is 2.91. The molecule has 0 radical (unpaired) electrons. The monoisotopic (exact) mass is 440 g/mol. The maximum atomic E-state index is 12.8. The van der Waals surface area contributed by atoms with Crippen molar-refractivity contribution >= 4 is 51.9 Å². The van der Waals surface area contributed by atoms with Gasteiger partial charge in [-0.05, 0) is 48.7 Å². The highest BCUT2D eigenvalue weighted by Crippen LogP contribution is 2.36. The van der Waals surface area contributed by atoms with E-state index in [-0.39, 0.29) is 18.6 Å². The molecule has 154 valence electrons. The molecule has 2 heterocycles. The number of fused-ring (bicyclic) bond motifs is 1. The molecule has 6 nitrogen and oxygen atoms in total. The summed E-state index contributed by atoms with van der Waals surface area (Å²) in [5.74, 6) is 1.15. The Morgan fingerprint density at radius 3 is 2.87 bits per heavy atom. The number of rotatable bonds is 6. The molecule has 2 aromatic carbocycles. The summed E-state index contributed by atoms with van der Waals surface area (Å²) < 4.78 is 11.2. The average Bonchev–Trinajstić information content (AvgIpc) is 3.29. The number of thiocarbonyl (C=S) groups is 1. The number of aryl methyl sites for hydroxylation is 1. The van der Waals surface area contributed by atoms with Crippen LogP contribution in [0.5, 0.6) is 11.5 Å². The lowest BCUT2D eigenvalue weighted by Gasteiger charge is -2.14. The van der Waals surface area contributed by atoms with Crippen molar-refractivity contribution in [3.63, 3.8) is 0 Å². The van der Waals surface area contributed by atoms with Gasteiger partial charge in [-0.15, -0.1) is 0 Å². The van der Waals surface area contributed by atoms with E-state index in [1.807, 2.05) is 49.4 Å². The first-order valence-corrected chi connectivity index (χ1v) is 10.7. The Kier molecular flexibility index (Phi) is 6.06. The average molecular weight is 441 g/mol. The quantitative estimate of drug-likeness (QED) is 0.532. The van der Waals surface area contributed by atoms with Crippen LogP contribution in [-0.2, 0) is 9.59 Å². The minimum atomic E-state index is -0.137. The minimum absolute atomic E-state index is 0.0781. The van der Waals surface area contributed by atoms with Crippen molar-refractivity contribution in [2.75, 3.05) is 18.7 Å². The number of thioether (sulfide) groups is 1. The van der Waals surface area contributed by atoms with Gasteiger partial charge in [-0.3, -0.25) is 14.5 Å². The minimum Gasteiger partial charge on any atom is -0.454 e. The number of para-hydroxylation sites is 1. The van der Waals surface area contributed by atoms with Gasteiger partial charge >= 0.3 is 0 Å². The van der Waals surface area contributed by atoms with Gasteiger partial charge in [0.25, 0.3) is 5.91 Å². The number of hydrogen-bond acceptors (Lipinski definition) is 6. The number of carbonyl (C=O) groups excluding carboxylic acids is 2. The van der Waals surface area contributed by atoms with Crippen LogP contribution in [0.4, 0.5) is 5.69 Å². The van der Waals surface area contributed by atoms with Crippen LogP contribution < -0.4 is 14.8 Å². The molecular weight excluding hydrogens is 420 g/mol. The molecule has 4 rings (SSSR count). The molecule has 0 atom stereocenters. The first-order chi connectivity index (χ1) is 14.5. The smallest absolute Gasteiger partial charge is 0.266 e. The third-order valence-electron chi connectivity index (χ3n) is 4.77. The number of anilines is 1. The molecule has 1 saturated heterocycles. The van der Waals surface area contributed by atoms with E-state index < -0.39 is 0 Å². The second kappa shape index (κ2) is 8.89. The summed E-state index contributed by atoms with van der Waals surface area (Å²) in [6.45, 7) is 2.56. The molecular formula is C22H20N2O4S2. The molecule has 2 aliphatic heterocycles. The van der Waals surface area contributed by atoms with Crippen molar-refractivity contribution in [2.24, 2.45) is 0 Å². The van der Waals surface area contributed by atoms with Crippen molar-refractivity contribution in [3.05, 3.63) is 58.5 Å². The Hall–Kier alpha value is -2.84. The first kappa shape index (κ1) is 20.4. The number of nitrogens with zero attached hydrogens (tertiary/aromatic N) is 1. The van der Waals surface area contributed by atoms with E-state index in [0.717, 1.165) is 16.8 Å². The molecule has 2 aromatic rings. The number of carbonyl (C=O) groups is 2. The molecule has 2 aliphatic rings. The largest absolute Gasteiger partial charge is 0.454 e. The zero-order valence-electron chi connectivity index (χ0n) is 16.3. The second-order valence-electron chi connectivity index (χ2n) is 6.91. The van der Waals surface area contributed by atoms with Crippen LogP contribution in [0, 0.1) is 6.92 Å². The van der Waals surface area contributed by atoms with Gasteiger partial charge in [0.1, 0.15) is 4.32 Å². The van der Waals surface area contributed by atoms with Gasteiger partial charge in [0.05, 0.1) is 4.91 Å². The highest BCUT2D eigenvalue weighted by Gasteiger charge is 2.31. The van der Waals surface area contributed by atoms with Crippen molar-refractivity contribution in [1.29, 1.82) is 0 Å². The van der Waals surface area contributed by atoms with Gasteiger partial charge in [-0.25, -0.2) is 0 Å². The van der Waals surface area contributed by atoms with E-state index in [0.29, 0.717) is 40.1 Å². The van der Waals surface area contributed by atoms with Gasteiger partial charge in [-0.2, -0.15) is 0 Å². The zero-order chi connectivity index (χ0) is 21.1. The van der Waals surface area contributed by atoms with E-state index in [4.69, 9.17) is 21.7 Å². The van der Waals surface area contributed by atoms with E-state index >= 15 is 0 Å².